The smallest absolute Gasteiger partial charge is 0.193 e. The summed E-state index contributed by atoms with van der Waals surface area (Å²) in [6.45, 7) is 3.18. The molecule has 2 atom stereocenters. The van der Waals surface area contributed by atoms with E-state index in [1.54, 1.807) is 11.3 Å². The number of rotatable bonds is 5. The summed E-state index contributed by atoms with van der Waals surface area (Å²) < 4.78 is 0. The van der Waals surface area contributed by atoms with Crippen molar-refractivity contribution in [1.82, 2.24) is 10.2 Å². The molecule has 1 saturated carbocycles. The molecule has 1 aromatic rings. The van der Waals surface area contributed by atoms with Crippen LogP contribution in [0.5, 0.6) is 0 Å². The van der Waals surface area contributed by atoms with Gasteiger partial charge >= 0.3 is 0 Å². The molecule has 1 aromatic heterocycles. The number of halogens is 1. The van der Waals surface area contributed by atoms with Gasteiger partial charge in [-0.1, -0.05) is 13.3 Å². The highest BCUT2D eigenvalue weighted by Crippen LogP contribution is 2.34. The normalized spacial score (nSPS) is 21.7. The Hall–Kier alpha value is -0.300. The molecule has 0 saturated heterocycles. The lowest BCUT2D eigenvalue weighted by Gasteiger charge is -2.21. The minimum absolute atomic E-state index is 0. The summed E-state index contributed by atoms with van der Waals surface area (Å²) in [4.78, 5) is 6.58. The van der Waals surface area contributed by atoms with Gasteiger partial charge in [0.15, 0.2) is 5.96 Å². The molecule has 2 unspecified atom stereocenters. The van der Waals surface area contributed by atoms with Gasteiger partial charge in [-0.3, -0.25) is 4.99 Å². The Morgan fingerprint density at radius 3 is 2.95 bits per heavy atom. The fourth-order valence-corrected chi connectivity index (χ4v) is 3.02. The predicted molar refractivity (Wildman–Crippen MR) is 94.5 cm³/mol. The maximum absolute atomic E-state index is 4.38. The van der Waals surface area contributed by atoms with Crippen LogP contribution in [-0.4, -0.2) is 31.0 Å². The highest BCUT2D eigenvalue weighted by molar-refractivity contribution is 14.0. The molecule has 5 heteroatoms. The summed E-state index contributed by atoms with van der Waals surface area (Å²) >= 11 is 1.75. The lowest BCUT2D eigenvalue weighted by Crippen LogP contribution is -2.40. The molecule has 1 heterocycles. The molecule has 2 rings (SSSR count). The number of hydrogen-bond donors (Lipinski definition) is 1. The second kappa shape index (κ2) is 8.09. The van der Waals surface area contributed by atoms with Crippen LogP contribution in [0.3, 0.4) is 0 Å². The van der Waals surface area contributed by atoms with E-state index in [0.29, 0.717) is 6.04 Å². The molecule has 1 fully saturated rings. The van der Waals surface area contributed by atoms with E-state index in [2.05, 4.69) is 46.0 Å². The molecule has 108 valence electrons. The number of guanidine groups is 1. The van der Waals surface area contributed by atoms with E-state index in [9.17, 15) is 0 Å². The summed E-state index contributed by atoms with van der Waals surface area (Å²) in [6, 6.07) is 2.82. The number of hydrogen-bond acceptors (Lipinski definition) is 2. The van der Waals surface area contributed by atoms with E-state index in [-0.39, 0.29) is 24.0 Å². The zero-order valence-electron chi connectivity index (χ0n) is 11.9. The Bertz CT molecular complexity index is 391. The lowest BCUT2D eigenvalue weighted by atomic mass is 10.2. The Balaban J connectivity index is 0.00000180. The number of nitrogens with one attached hydrogen (secondary N) is 1. The number of thiophene rings is 1. The van der Waals surface area contributed by atoms with Crippen LogP contribution < -0.4 is 5.32 Å². The van der Waals surface area contributed by atoms with Crippen LogP contribution in [0.15, 0.2) is 21.8 Å². The van der Waals surface area contributed by atoms with Crippen LogP contribution in [0, 0.1) is 5.92 Å². The van der Waals surface area contributed by atoms with Crippen LogP contribution in [0.4, 0.5) is 0 Å². The molecule has 0 aromatic carbocycles. The third kappa shape index (κ3) is 4.95. The zero-order valence-corrected chi connectivity index (χ0v) is 15.1. The first-order valence-corrected chi connectivity index (χ1v) is 7.64. The third-order valence-electron chi connectivity index (χ3n) is 3.47. The standard InChI is InChI=1S/C14H23N3S.HI/c1-4-5-12-8-13(12)16-14(15-2)17(3)9-11-6-7-18-10-11;/h6-7,10,12-13H,4-5,8-9H2,1-3H3,(H,15,16);1H. The van der Waals surface area contributed by atoms with E-state index >= 15 is 0 Å². The first-order chi connectivity index (χ1) is 8.74. The van der Waals surface area contributed by atoms with Crippen molar-refractivity contribution in [2.45, 2.75) is 38.8 Å². The lowest BCUT2D eigenvalue weighted by molar-refractivity contribution is 0.473. The van der Waals surface area contributed by atoms with Crippen molar-refractivity contribution in [3.8, 4) is 0 Å². The Kier molecular flexibility index (Phi) is 7.13. The average Bonchev–Trinajstić information content (AvgIpc) is 2.87. The maximum atomic E-state index is 4.38. The van der Waals surface area contributed by atoms with Gasteiger partial charge in [-0.05, 0) is 41.1 Å². The van der Waals surface area contributed by atoms with Gasteiger partial charge < -0.3 is 10.2 Å². The first-order valence-electron chi connectivity index (χ1n) is 6.70. The van der Waals surface area contributed by atoms with Crippen molar-refractivity contribution in [2.24, 2.45) is 10.9 Å². The SMILES string of the molecule is CCCC1CC1NC(=NC)N(C)Cc1ccsc1.I. The molecular formula is C14H24IN3S. The van der Waals surface area contributed by atoms with Gasteiger partial charge in [0.1, 0.15) is 0 Å². The first kappa shape index (κ1) is 16.8. The molecule has 0 amide bonds. The second-order valence-corrected chi connectivity index (χ2v) is 5.85. The molecule has 1 N–H and O–H groups in total. The van der Waals surface area contributed by atoms with E-state index < -0.39 is 0 Å². The highest BCUT2D eigenvalue weighted by atomic mass is 127. The molecule has 3 nitrogen and oxygen atoms in total. The largest absolute Gasteiger partial charge is 0.353 e. The van der Waals surface area contributed by atoms with Gasteiger partial charge in [-0.25, -0.2) is 0 Å². The van der Waals surface area contributed by atoms with Crippen molar-refractivity contribution < 1.29 is 0 Å². The Morgan fingerprint density at radius 2 is 2.37 bits per heavy atom. The minimum atomic E-state index is 0. The molecule has 0 aliphatic heterocycles. The maximum Gasteiger partial charge on any atom is 0.193 e. The van der Waals surface area contributed by atoms with Crippen molar-refractivity contribution in [1.29, 1.82) is 0 Å². The summed E-state index contributed by atoms with van der Waals surface area (Å²) in [6.07, 6.45) is 3.92. The van der Waals surface area contributed by atoms with Gasteiger partial charge in [-0.15, -0.1) is 24.0 Å². The van der Waals surface area contributed by atoms with Gasteiger partial charge in [0.2, 0.25) is 0 Å². The molecule has 1 aliphatic carbocycles. The highest BCUT2D eigenvalue weighted by Gasteiger charge is 2.36. The number of aliphatic imine (C=N–C) groups is 1. The zero-order chi connectivity index (χ0) is 13.0. The molecule has 0 spiro atoms. The van der Waals surface area contributed by atoms with Crippen LogP contribution in [0.2, 0.25) is 0 Å². The van der Waals surface area contributed by atoms with E-state index in [1.807, 2.05) is 7.05 Å². The van der Waals surface area contributed by atoms with E-state index in [4.69, 9.17) is 0 Å². The van der Waals surface area contributed by atoms with Gasteiger partial charge in [0, 0.05) is 26.7 Å². The summed E-state index contributed by atoms with van der Waals surface area (Å²) in [5.41, 5.74) is 1.35. The molecular weight excluding hydrogens is 369 g/mol. The van der Waals surface area contributed by atoms with Gasteiger partial charge in [-0.2, -0.15) is 11.3 Å². The third-order valence-corrected chi connectivity index (χ3v) is 4.20. The summed E-state index contributed by atoms with van der Waals surface area (Å²) in [5.74, 6) is 1.88. The van der Waals surface area contributed by atoms with Crippen molar-refractivity contribution in [2.75, 3.05) is 14.1 Å². The Labute approximate surface area is 137 Å². The Morgan fingerprint density at radius 1 is 1.58 bits per heavy atom. The van der Waals surface area contributed by atoms with Crippen LogP contribution in [0.25, 0.3) is 0 Å². The second-order valence-electron chi connectivity index (χ2n) is 5.07. The van der Waals surface area contributed by atoms with Crippen LogP contribution in [-0.2, 0) is 6.54 Å². The van der Waals surface area contributed by atoms with Crippen LogP contribution >= 0.6 is 35.3 Å². The number of nitrogens with zero attached hydrogens (tertiary/aromatic N) is 2. The topological polar surface area (TPSA) is 27.6 Å². The average molecular weight is 393 g/mol. The fraction of sp³-hybridized carbons (Fsp3) is 0.643. The van der Waals surface area contributed by atoms with Gasteiger partial charge in [0.05, 0.1) is 0 Å². The van der Waals surface area contributed by atoms with Crippen molar-refractivity contribution >= 4 is 41.3 Å². The quantitative estimate of drug-likeness (QED) is 0.471. The van der Waals surface area contributed by atoms with Gasteiger partial charge in [0.25, 0.3) is 0 Å². The fourth-order valence-electron chi connectivity index (χ4n) is 2.36. The molecule has 19 heavy (non-hydrogen) atoms. The monoisotopic (exact) mass is 393 g/mol. The van der Waals surface area contributed by atoms with Crippen molar-refractivity contribution in [3.05, 3.63) is 22.4 Å². The molecule has 0 radical (unpaired) electrons. The van der Waals surface area contributed by atoms with Crippen molar-refractivity contribution in [3.63, 3.8) is 0 Å². The van der Waals surface area contributed by atoms with E-state index in [0.717, 1.165) is 18.4 Å². The minimum Gasteiger partial charge on any atom is -0.353 e. The summed E-state index contributed by atoms with van der Waals surface area (Å²) in [7, 11) is 3.97. The summed E-state index contributed by atoms with van der Waals surface area (Å²) in [5, 5.41) is 7.88. The molecule has 0 bridgehead atoms. The van der Waals surface area contributed by atoms with Crippen LogP contribution in [0.1, 0.15) is 31.7 Å². The molecule has 1 aliphatic rings. The predicted octanol–water partition coefficient (Wildman–Crippen LogP) is 3.56. The van der Waals surface area contributed by atoms with E-state index in [1.165, 1.54) is 24.8 Å².